The van der Waals surface area contributed by atoms with Crippen LogP contribution in [-0.4, -0.2) is 58.8 Å². The molecule has 174 valence electrons. The topological polar surface area (TPSA) is 36.3 Å². The first-order valence-corrected chi connectivity index (χ1v) is 13.0. The number of hydrogen-bond donors (Lipinski definition) is 1. The molecule has 0 spiro atoms. The Bertz CT molecular complexity index is 1030. The SMILES string of the molecule is CN1CCN(C2CCC(n3ccc(-c4ccc(NCc5ccccc5Br)cc4)n3)CC2)CC1. The van der Waals surface area contributed by atoms with E-state index in [4.69, 9.17) is 5.10 Å². The number of nitrogens with zero attached hydrogens (tertiary/aromatic N) is 4. The van der Waals surface area contributed by atoms with Gasteiger partial charge in [-0.25, -0.2) is 0 Å². The van der Waals surface area contributed by atoms with Crippen molar-refractivity contribution < 1.29 is 0 Å². The predicted molar refractivity (Wildman–Crippen MR) is 139 cm³/mol. The van der Waals surface area contributed by atoms with Crippen LogP contribution in [0.2, 0.25) is 0 Å². The maximum atomic E-state index is 4.96. The molecule has 0 atom stereocenters. The minimum atomic E-state index is 0.535. The summed E-state index contributed by atoms with van der Waals surface area (Å²) in [5, 5.41) is 8.46. The molecule has 1 aliphatic heterocycles. The average molecular weight is 509 g/mol. The van der Waals surface area contributed by atoms with Gasteiger partial charge in [-0.1, -0.05) is 46.3 Å². The van der Waals surface area contributed by atoms with Gasteiger partial charge in [0.05, 0.1) is 11.7 Å². The van der Waals surface area contributed by atoms with Gasteiger partial charge >= 0.3 is 0 Å². The van der Waals surface area contributed by atoms with Crippen LogP contribution >= 0.6 is 15.9 Å². The van der Waals surface area contributed by atoms with E-state index in [-0.39, 0.29) is 0 Å². The molecule has 0 unspecified atom stereocenters. The Balaban J connectivity index is 1.15. The van der Waals surface area contributed by atoms with Crippen molar-refractivity contribution in [3.05, 3.63) is 70.8 Å². The third-order valence-electron chi connectivity index (χ3n) is 7.32. The van der Waals surface area contributed by atoms with E-state index in [1.54, 1.807) is 0 Å². The van der Waals surface area contributed by atoms with Crippen LogP contribution in [0.4, 0.5) is 5.69 Å². The zero-order valence-corrected chi connectivity index (χ0v) is 21.0. The summed E-state index contributed by atoms with van der Waals surface area (Å²) < 4.78 is 3.35. The summed E-state index contributed by atoms with van der Waals surface area (Å²) in [6.07, 6.45) is 7.23. The molecule has 1 aliphatic carbocycles. The lowest BCUT2D eigenvalue weighted by Gasteiger charge is -2.41. The maximum Gasteiger partial charge on any atom is 0.0923 e. The molecule has 0 amide bonds. The molecule has 5 nitrogen and oxygen atoms in total. The van der Waals surface area contributed by atoms with Gasteiger partial charge in [0.15, 0.2) is 0 Å². The molecule has 1 aromatic heterocycles. The monoisotopic (exact) mass is 507 g/mol. The van der Waals surface area contributed by atoms with Crippen LogP contribution in [0.1, 0.15) is 37.3 Å². The molecule has 0 radical (unpaired) electrons. The van der Waals surface area contributed by atoms with Gasteiger partial charge in [-0.15, -0.1) is 0 Å². The Morgan fingerprint density at radius 2 is 1.58 bits per heavy atom. The third kappa shape index (κ3) is 5.51. The molecule has 1 saturated heterocycles. The fourth-order valence-corrected chi connectivity index (χ4v) is 5.59. The molecule has 2 fully saturated rings. The summed E-state index contributed by atoms with van der Waals surface area (Å²) in [6, 6.07) is 20.4. The lowest BCUT2D eigenvalue weighted by molar-refractivity contribution is 0.0811. The van der Waals surface area contributed by atoms with E-state index in [1.807, 2.05) is 6.07 Å². The van der Waals surface area contributed by atoms with Crippen molar-refractivity contribution in [2.45, 2.75) is 44.3 Å². The number of anilines is 1. The van der Waals surface area contributed by atoms with Crippen molar-refractivity contribution >= 4 is 21.6 Å². The van der Waals surface area contributed by atoms with Crippen molar-refractivity contribution in [1.82, 2.24) is 19.6 Å². The number of halogens is 1. The van der Waals surface area contributed by atoms with Crippen LogP contribution in [-0.2, 0) is 6.54 Å². The highest BCUT2D eigenvalue weighted by molar-refractivity contribution is 9.10. The molecule has 5 rings (SSSR count). The number of aromatic nitrogens is 2. The number of nitrogens with one attached hydrogen (secondary N) is 1. The Labute approximate surface area is 205 Å². The minimum absolute atomic E-state index is 0.535. The number of hydrogen-bond acceptors (Lipinski definition) is 4. The Morgan fingerprint density at radius 3 is 2.30 bits per heavy atom. The minimum Gasteiger partial charge on any atom is -0.381 e. The van der Waals surface area contributed by atoms with Gasteiger partial charge in [0.25, 0.3) is 0 Å². The fraction of sp³-hybridized carbons (Fsp3) is 0.444. The largest absolute Gasteiger partial charge is 0.381 e. The molecular formula is C27H34BrN5. The summed E-state index contributed by atoms with van der Waals surface area (Å²) in [7, 11) is 2.23. The Morgan fingerprint density at radius 1 is 0.879 bits per heavy atom. The highest BCUT2D eigenvalue weighted by Crippen LogP contribution is 2.32. The van der Waals surface area contributed by atoms with Gasteiger partial charge in [-0.2, -0.15) is 5.10 Å². The third-order valence-corrected chi connectivity index (χ3v) is 8.10. The van der Waals surface area contributed by atoms with Crippen LogP contribution in [0.5, 0.6) is 0 Å². The normalized spacial score (nSPS) is 22.4. The predicted octanol–water partition coefficient (Wildman–Crippen LogP) is 5.66. The summed E-state index contributed by atoms with van der Waals surface area (Å²) in [5.74, 6) is 0. The van der Waals surface area contributed by atoms with Gasteiger partial charge in [0.2, 0.25) is 0 Å². The van der Waals surface area contributed by atoms with Gasteiger partial charge in [-0.05, 0) is 62.6 Å². The molecule has 6 heteroatoms. The first kappa shape index (κ1) is 22.6. The van der Waals surface area contributed by atoms with Crippen LogP contribution < -0.4 is 5.32 Å². The van der Waals surface area contributed by atoms with Gasteiger partial charge in [0, 0.05) is 60.7 Å². The first-order chi connectivity index (χ1) is 16.2. The van der Waals surface area contributed by atoms with Gasteiger partial charge in [-0.3, -0.25) is 9.58 Å². The van der Waals surface area contributed by atoms with Crippen LogP contribution in [0.3, 0.4) is 0 Å². The summed E-state index contributed by atoms with van der Waals surface area (Å²) >= 11 is 3.62. The molecule has 2 heterocycles. The Hall–Kier alpha value is -2.15. The molecule has 1 N–H and O–H groups in total. The van der Waals surface area contributed by atoms with Crippen molar-refractivity contribution in [3.63, 3.8) is 0 Å². The van der Waals surface area contributed by atoms with Gasteiger partial charge < -0.3 is 10.2 Å². The van der Waals surface area contributed by atoms with E-state index < -0.39 is 0 Å². The van der Waals surface area contributed by atoms with Gasteiger partial charge in [0.1, 0.15) is 0 Å². The number of benzene rings is 2. The zero-order chi connectivity index (χ0) is 22.6. The first-order valence-electron chi connectivity index (χ1n) is 12.2. The molecule has 2 aliphatic rings. The molecular weight excluding hydrogens is 474 g/mol. The molecule has 33 heavy (non-hydrogen) atoms. The number of likely N-dealkylation sites (N-methyl/N-ethyl adjacent to an activating group) is 1. The lowest BCUT2D eigenvalue weighted by Crippen LogP contribution is -2.49. The van der Waals surface area contributed by atoms with Crippen molar-refractivity contribution in [3.8, 4) is 11.3 Å². The van der Waals surface area contributed by atoms with Crippen molar-refractivity contribution in [1.29, 1.82) is 0 Å². The molecule has 3 aromatic rings. The number of rotatable bonds is 6. The highest BCUT2D eigenvalue weighted by atomic mass is 79.9. The lowest BCUT2D eigenvalue weighted by atomic mass is 9.90. The number of piperazine rings is 1. The van der Waals surface area contributed by atoms with Crippen LogP contribution in [0.25, 0.3) is 11.3 Å². The molecule has 0 bridgehead atoms. The fourth-order valence-electron chi connectivity index (χ4n) is 5.17. The van der Waals surface area contributed by atoms with Crippen molar-refractivity contribution in [2.24, 2.45) is 0 Å². The van der Waals surface area contributed by atoms with Crippen molar-refractivity contribution in [2.75, 3.05) is 38.5 Å². The average Bonchev–Trinajstić information content (AvgIpc) is 3.35. The highest BCUT2D eigenvalue weighted by Gasteiger charge is 2.28. The summed E-state index contributed by atoms with van der Waals surface area (Å²) in [4.78, 5) is 5.16. The van der Waals surface area contributed by atoms with E-state index in [0.29, 0.717) is 6.04 Å². The maximum absolute atomic E-state index is 4.96. The van der Waals surface area contributed by atoms with E-state index in [1.165, 1.54) is 63.0 Å². The van der Waals surface area contributed by atoms with E-state index in [0.717, 1.165) is 28.4 Å². The second-order valence-corrected chi connectivity index (χ2v) is 10.4. The molecule has 2 aromatic carbocycles. The van der Waals surface area contributed by atoms with E-state index in [9.17, 15) is 0 Å². The quantitative estimate of drug-likeness (QED) is 0.467. The smallest absolute Gasteiger partial charge is 0.0923 e. The van der Waals surface area contributed by atoms with Crippen LogP contribution in [0.15, 0.2) is 65.3 Å². The molecule has 1 saturated carbocycles. The standard InChI is InChI=1S/C27H34BrN5/c1-31-16-18-32(19-17-31)24-10-12-25(13-11-24)33-15-14-27(30-33)21-6-8-23(9-7-21)29-20-22-4-2-3-5-26(22)28/h2-9,14-15,24-25,29H,10-13,16-20H2,1H3. The van der Waals surface area contributed by atoms with E-state index >= 15 is 0 Å². The Kier molecular flexibility index (Phi) is 7.14. The summed E-state index contributed by atoms with van der Waals surface area (Å²) in [5.41, 5.74) is 4.61. The second-order valence-electron chi connectivity index (χ2n) is 9.50. The van der Waals surface area contributed by atoms with Crippen LogP contribution in [0, 0.1) is 0 Å². The zero-order valence-electron chi connectivity index (χ0n) is 19.5. The van der Waals surface area contributed by atoms with E-state index in [2.05, 4.69) is 97.5 Å². The summed E-state index contributed by atoms with van der Waals surface area (Å²) in [6.45, 7) is 5.67. The second kappa shape index (κ2) is 10.4.